The topological polar surface area (TPSA) is 101 Å². The maximum atomic E-state index is 16.6. The van der Waals surface area contributed by atoms with Crippen molar-refractivity contribution < 1.29 is 36.4 Å². The van der Waals surface area contributed by atoms with Gasteiger partial charge in [-0.1, -0.05) is 6.07 Å². The fourth-order valence-corrected chi connectivity index (χ4v) is 9.18. The molecule has 0 aliphatic carbocycles. The van der Waals surface area contributed by atoms with Crippen LogP contribution < -0.4 is 9.64 Å². The molecule has 0 saturated carbocycles. The van der Waals surface area contributed by atoms with E-state index < -0.39 is 44.9 Å². The second kappa shape index (κ2) is 11.0. The van der Waals surface area contributed by atoms with E-state index in [-0.39, 0.29) is 51.3 Å². The zero-order chi connectivity index (χ0) is 31.8. The summed E-state index contributed by atoms with van der Waals surface area (Å²) < 4.78 is 85.3. The Hall–Kier alpha value is -3.62. The number of rotatable bonds is 5. The van der Waals surface area contributed by atoms with Gasteiger partial charge in [-0.05, 0) is 43.0 Å². The first-order valence-corrected chi connectivity index (χ1v) is 16.7. The lowest BCUT2D eigenvalue weighted by atomic mass is 9.95. The highest BCUT2D eigenvalue weighted by molar-refractivity contribution is 7.86. The van der Waals surface area contributed by atoms with Gasteiger partial charge in [0.25, 0.3) is 0 Å². The molecule has 0 radical (unpaired) electrons. The summed E-state index contributed by atoms with van der Waals surface area (Å²) in [4.78, 5) is 16.8. The predicted octanol–water partition coefficient (Wildman–Crippen LogP) is 5.00. The maximum Gasteiger partial charge on any atom is 0.319 e. The highest BCUT2D eigenvalue weighted by atomic mass is 32.2. The van der Waals surface area contributed by atoms with Crippen LogP contribution in [0.2, 0.25) is 0 Å². The molecule has 1 spiro atoms. The highest BCUT2D eigenvalue weighted by Gasteiger charge is 2.49. The lowest BCUT2D eigenvalue weighted by molar-refractivity contribution is 0.0309. The van der Waals surface area contributed by atoms with Gasteiger partial charge < -0.3 is 19.5 Å². The van der Waals surface area contributed by atoms with E-state index >= 15 is 8.78 Å². The molecule has 242 valence electrons. The van der Waals surface area contributed by atoms with Crippen LogP contribution in [-0.2, 0) is 15.5 Å². The number of aromatic hydroxyl groups is 1. The summed E-state index contributed by atoms with van der Waals surface area (Å²) in [5.74, 6) is -2.69. The molecular formula is C32H31F4N5O4S. The van der Waals surface area contributed by atoms with Gasteiger partial charge in [0.2, 0.25) is 0 Å². The Kier molecular flexibility index (Phi) is 7.11. The van der Waals surface area contributed by atoms with Crippen LogP contribution >= 0.6 is 0 Å². The number of piperidine rings is 1. The number of pyridine rings is 1. The number of anilines is 1. The third-order valence-electron chi connectivity index (χ3n) is 10.00. The first-order valence-electron chi connectivity index (χ1n) is 15.4. The summed E-state index contributed by atoms with van der Waals surface area (Å²) in [6, 6.07) is 4.51. The van der Waals surface area contributed by atoms with E-state index in [1.54, 1.807) is 0 Å². The number of benzene rings is 2. The Bertz CT molecular complexity index is 1910. The SMILES string of the molecule is O=S1CCOC12CCN(c1nc(OC[C@@]34CCCN3C[C@H](F)C4)nc3c(F)c(-c4cc(O)cc5ccc(F)c(F)c45)ncc13)CC2. The van der Waals surface area contributed by atoms with Gasteiger partial charge in [-0.2, -0.15) is 9.97 Å². The molecule has 1 N–H and O–H groups in total. The van der Waals surface area contributed by atoms with Gasteiger partial charge in [0.1, 0.15) is 40.5 Å². The number of halogens is 4. The number of alkyl halides is 1. The molecule has 3 atom stereocenters. The van der Waals surface area contributed by atoms with Crippen LogP contribution in [0, 0.1) is 17.5 Å². The van der Waals surface area contributed by atoms with Gasteiger partial charge in [-0.15, -0.1) is 0 Å². The molecule has 0 amide bonds. The number of phenolic OH excluding ortho intramolecular Hbond substituents is 1. The summed E-state index contributed by atoms with van der Waals surface area (Å²) in [5.41, 5.74) is -1.13. The van der Waals surface area contributed by atoms with Gasteiger partial charge in [0.05, 0.1) is 28.3 Å². The summed E-state index contributed by atoms with van der Waals surface area (Å²) in [6.07, 6.45) is 3.36. The van der Waals surface area contributed by atoms with Crippen molar-refractivity contribution in [1.82, 2.24) is 19.9 Å². The summed E-state index contributed by atoms with van der Waals surface area (Å²) >= 11 is 0. The monoisotopic (exact) mass is 657 g/mol. The first-order chi connectivity index (χ1) is 22.2. The molecule has 4 aromatic rings. The molecule has 4 aliphatic heterocycles. The van der Waals surface area contributed by atoms with Gasteiger partial charge in [0, 0.05) is 61.8 Å². The normalized spacial score (nSPS) is 26.0. The second-order valence-electron chi connectivity index (χ2n) is 12.6. The number of hydrogen-bond donors (Lipinski definition) is 1. The fraction of sp³-hybridized carbons (Fsp3) is 0.469. The summed E-state index contributed by atoms with van der Waals surface area (Å²) in [5, 5.41) is 10.6. The first kappa shape index (κ1) is 29.8. The van der Waals surface area contributed by atoms with Crippen molar-refractivity contribution in [2.45, 2.75) is 48.7 Å². The number of aromatic nitrogens is 3. The molecule has 0 bridgehead atoms. The van der Waals surface area contributed by atoms with Crippen molar-refractivity contribution in [3.05, 3.63) is 47.9 Å². The lowest BCUT2D eigenvalue weighted by Gasteiger charge is -2.38. The van der Waals surface area contributed by atoms with E-state index in [9.17, 15) is 18.1 Å². The molecule has 4 saturated heterocycles. The van der Waals surface area contributed by atoms with Crippen molar-refractivity contribution in [2.24, 2.45) is 0 Å². The van der Waals surface area contributed by atoms with Crippen molar-refractivity contribution in [1.29, 1.82) is 0 Å². The number of fused-ring (bicyclic) bond motifs is 3. The minimum Gasteiger partial charge on any atom is -0.508 e. The maximum absolute atomic E-state index is 16.6. The van der Waals surface area contributed by atoms with E-state index in [4.69, 9.17) is 14.5 Å². The summed E-state index contributed by atoms with van der Waals surface area (Å²) in [6.45, 7) is 2.50. The average Bonchev–Trinajstić information content (AvgIpc) is 3.69. The molecule has 1 unspecified atom stereocenters. The smallest absolute Gasteiger partial charge is 0.319 e. The van der Waals surface area contributed by atoms with Crippen LogP contribution in [0.1, 0.15) is 32.1 Å². The van der Waals surface area contributed by atoms with Crippen LogP contribution in [0.3, 0.4) is 0 Å². The van der Waals surface area contributed by atoms with Crippen LogP contribution in [0.25, 0.3) is 32.9 Å². The molecule has 4 aliphatic rings. The Morgan fingerprint density at radius 2 is 1.91 bits per heavy atom. The van der Waals surface area contributed by atoms with Crippen molar-refractivity contribution in [3.63, 3.8) is 0 Å². The Balaban J connectivity index is 1.23. The zero-order valence-electron chi connectivity index (χ0n) is 24.8. The third kappa shape index (κ3) is 4.70. The van der Waals surface area contributed by atoms with E-state index in [2.05, 4.69) is 14.9 Å². The van der Waals surface area contributed by atoms with Crippen molar-refractivity contribution >= 4 is 38.3 Å². The standard InChI is InChI=1S/C32H31F4N5O4S/c33-19-14-31(4-1-7-41(31)16-19)17-44-30-38-28-22(29(39-30)40-8-5-32(6-9-40)45-10-11-46(32)43)15-37-27(26(28)36)21-13-20(42)12-18-2-3-23(34)25(35)24(18)21/h2-3,12-13,15,19,42H,1,4-11,14,16-17H2/t19-,31+,46?/m1/s1. The third-order valence-corrected chi connectivity index (χ3v) is 11.9. The minimum atomic E-state index is -1.20. The predicted molar refractivity (Wildman–Crippen MR) is 163 cm³/mol. The van der Waals surface area contributed by atoms with E-state index in [1.807, 2.05) is 4.90 Å². The van der Waals surface area contributed by atoms with Crippen LogP contribution in [0.15, 0.2) is 30.5 Å². The van der Waals surface area contributed by atoms with Gasteiger partial charge in [-0.25, -0.2) is 17.6 Å². The molecule has 2 aromatic carbocycles. The number of hydrogen-bond acceptors (Lipinski definition) is 9. The van der Waals surface area contributed by atoms with Crippen LogP contribution in [0.4, 0.5) is 23.4 Å². The Morgan fingerprint density at radius 3 is 2.70 bits per heavy atom. The second-order valence-corrected chi connectivity index (χ2v) is 14.5. The van der Waals surface area contributed by atoms with Gasteiger partial charge >= 0.3 is 6.01 Å². The number of phenols is 1. The summed E-state index contributed by atoms with van der Waals surface area (Å²) in [7, 11) is -1.12. The lowest BCUT2D eigenvalue weighted by Crippen LogP contribution is -2.46. The molecule has 14 heteroatoms. The van der Waals surface area contributed by atoms with Crippen LogP contribution in [0.5, 0.6) is 11.8 Å². The zero-order valence-corrected chi connectivity index (χ0v) is 25.6. The molecule has 9 nitrogen and oxygen atoms in total. The largest absolute Gasteiger partial charge is 0.508 e. The molecule has 46 heavy (non-hydrogen) atoms. The molecule has 6 heterocycles. The van der Waals surface area contributed by atoms with Gasteiger partial charge in [0.15, 0.2) is 17.5 Å². The molecule has 8 rings (SSSR count). The van der Waals surface area contributed by atoms with Crippen molar-refractivity contribution in [2.75, 3.05) is 50.0 Å². The number of nitrogens with zero attached hydrogens (tertiary/aromatic N) is 5. The van der Waals surface area contributed by atoms with Gasteiger partial charge in [-0.3, -0.25) is 14.1 Å². The van der Waals surface area contributed by atoms with E-state index in [1.165, 1.54) is 18.3 Å². The number of ether oxygens (including phenoxy) is 2. The molecule has 4 fully saturated rings. The highest BCUT2D eigenvalue weighted by Crippen LogP contribution is 2.42. The Labute approximate surface area is 264 Å². The Morgan fingerprint density at radius 1 is 1.09 bits per heavy atom. The molecule has 2 aromatic heterocycles. The fourth-order valence-electron chi connectivity index (χ4n) is 7.72. The van der Waals surface area contributed by atoms with E-state index in [0.717, 1.165) is 31.5 Å². The van der Waals surface area contributed by atoms with E-state index in [0.29, 0.717) is 57.1 Å². The van der Waals surface area contributed by atoms with Crippen molar-refractivity contribution in [3.8, 4) is 23.0 Å². The minimum absolute atomic E-state index is 0.110. The average molecular weight is 658 g/mol. The van der Waals surface area contributed by atoms with Crippen LogP contribution in [-0.4, -0.2) is 91.0 Å². The molecular weight excluding hydrogens is 626 g/mol. The quantitative estimate of drug-likeness (QED) is 0.298.